The fraction of sp³-hybridized carbons (Fsp3) is 0.588. The third-order valence-electron chi connectivity index (χ3n) is 4.74. The molecule has 0 saturated carbocycles. The minimum atomic E-state index is -0.0555. The van der Waals surface area contributed by atoms with Crippen LogP contribution in [0.25, 0.3) is 0 Å². The van der Waals surface area contributed by atoms with E-state index < -0.39 is 0 Å². The van der Waals surface area contributed by atoms with Crippen LogP contribution in [0.1, 0.15) is 31.4 Å². The average molecular weight is 303 g/mol. The van der Waals surface area contributed by atoms with Crippen LogP contribution in [0.15, 0.2) is 30.3 Å². The zero-order valence-electron chi connectivity index (χ0n) is 13.2. The number of hydrogen-bond acceptors (Lipinski definition) is 3. The van der Waals surface area contributed by atoms with E-state index in [-0.39, 0.29) is 17.7 Å². The van der Waals surface area contributed by atoms with Crippen LogP contribution in [0.2, 0.25) is 0 Å². The Balaban J connectivity index is 1.51. The number of benzene rings is 1. The van der Waals surface area contributed by atoms with E-state index in [4.69, 9.17) is 4.74 Å². The third kappa shape index (κ3) is 3.42. The van der Waals surface area contributed by atoms with E-state index in [0.29, 0.717) is 0 Å². The Hall–Kier alpha value is -1.59. The summed E-state index contributed by atoms with van der Waals surface area (Å²) >= 11 is 0. The van der Waals surface area contributed by atoms with Gasteiger partial charge >= 0.3 is 6.03 Å². The van der Waals surface area contributed by atoms with Gasteiger partial charge in [0, 0.05) is 26.2 Å². The van der Waals surface area contributed by atoms with Crippen molar-refractivity contribution < 1.29 is 9.53 Å². The summed E-state index contributed by atoms with van der Waals surface area (Å²) in [5.74, 6) is 0. The van der Waals surface area contributed by atoms with Crippen LogP contribution in [0.5, 0.6) is 0 Å². The SMILES string of the molecule is C[C@@H](NC(=O)N1CCC2(CC1)CNCCO2)c1ccccc1. The first-order chi connectivity index (χ1) is 10.7. The average Bonchev–Trinajstić information content (AvgIpc) is 2.57. The third-order valence-corrected chi connectivity index (χ3v) is 4.74. The number of carbonyl (C=O) groups is 1. The standard InChI is InChI=1S/C17H25N3O2/c1-14(15-5-3-2-4-6-15)19-16(21)20-10-7-17(8-11-20)13-18-9-12-22-17/h2-6,14,18H,7-13H2,1H3,(H,19,21)/t14-/m1/s1. The first-order valence-electron chi connectivity index (χ1n) is 8.14. The minimum Gasteiger partial charge on any atom is -0.372 e. The summed E-state index contributed by atoms with van der Waals surface area (Å²) < 4.78 is 5.96. The van der Waals surface area contributed by atoms with E-state index >= 15 is 0 Å². The summed E-state index contributed by atoms with van der Waals surface area (Å²) in [5.41, 5.74) is 1.07. The fourth-order valence-corrected chi connectivity index (χ4v) is 3.25. The topological polar surface area (TPSA) is 53.6 Å². The molecule has 2 N–H and O–H groups in total. The lowest BCUT2D eigenvalue weighted by Gasteiger charge is -2.44. The van der Waals surface area contributed by atoms with Gasteiger partial charge < -0.3 is 20.3 Å². The summed E-state index contributed by atoms with van der Waals surface area (Å²) in [6.45, 7) is 6.15. The first kappa shape index (κ1) is 15.3. The van der Waals surface area contributed by atoms with Crippen LogP contribution in [-0.4, -0.2) is 49.3 Å². The molecule has 0 bridgehead atoms. The number of likely N-dealkylation sites (tertiary alicyclic amines) is 1. The molecular weight excluding hydrogens is 278 g/mol. The van der Waals surface area contributed by atoms with E-state index in [1.54, 1.807) is 0 Å². The van der Waals surface area contributed by atoms with Crippen molar-refractivity contribution in [3.05, 3.63) is 35.9 Å². The zero-order chi connectivity index (χ0) is 15.4. The van der Waals surface area contributed by atoms with E-state index in [2.05, 4.69) is 10.6 Å². The van der Waals surface area contributed by atoms with Crippen molar-refractivity contribution >= 4 is 6.03 Å². The second-order valence-corrected chi connectivity index (χ2v) is 6.28. The van der Waals surface area contributed by atoms with E-state index in [9.17, 15) is 4.79 Å². The number of piperidine rings is 1. The smallest absolute Gasteiger partial charge is 0.317 e. The van der Waals surface area contributed by atoms with Crippen LogP contribution in [0.3, 0.4) is 0 Å². The molecule has 5 heteroatoms. The van der Waals surface area contributed by atoms with E-state index in [1.165, 1.54) is 0 Å². The van der Waals surface area contributed by atoms with Crippen molar-refractivity contribution in [2.75, 3.05) is 32.8 Å². The maximum absolute atomic E-state index is 12.4. The molecule has 2 amide bonds. The number of urea groups is 1. The van der Waals surface area contributed by atoms with Gasteiger partial charge in [-0.25, -0.2) is 4.79 Å². The molecule has 2 aliphatic heterocycles. The van der Waals surface area contributed by atoms with Crippen molar-refractivity contribution in [3.8, 4) is 0 Å². The highest BCUT2D eigenvalue weighted by atomic mass is 16.5. The lowest BCUT2D eigenvalue weighted by Crippen LogP contribution is -2.57. The molecule has 2 fully saturated rings. The lowest BCUT2D eigenvalue weighted by atomic mass is 9.90. The van der Waals surface area contributed by atoms with Gasteiger partial charge in [-0.15, -0.1) is 0 Å². The van der Waals surface area contributed by atoms with Gasteiger partial charge in [-0.3, -0.25) is 0 Å². The Morgan fingerprint density at radius 2 is 2.05 bits per heavy atom. The maximum Gasteiger partial charge on any atom is 0.317 e. The van der Waals surface area contributed by atoms with Crippen molar-refractivity contribution in [3.63, 3.8) is 0 Å². The van der Waals surface area contributed by atoms with Gasteiger partial charge in [0.05, 0.1) is 18.2 Å². The van der Waals surface area contributed by atoms with Gasteiger partial charge in [-0.05, 0) is 25.3 Å². The minimum absolute atomic E-state index is 0.0231. The number of rotatable bonds is 2. The molecule has 2 aliphatic rings. The summed E-state index contributed by atoms with van der Waals surface area (Å²) in [4.78, 5) is 14.3. The molecule has 22 heavy (non-hydrogen) atoms. The fourth-order valence-electron chi connectivity index (χ4n) is 3.25. The van der Waals surface area contributed by atoms with Crippen LogP contribution in [-0.2, 0) is 4.74 Å². The molecule has 2 heterocycles. The summed E-state index contributed by atoms with van der Waals surface area (Å²) in [5, 5.41) is 6.49. The molecule has 0 radical (unpaired) electrons. The predicted octanol–water partition coefficient (Wildman–Crippen LogP) is 1.91. The number of ether oxygens (including phenoxy) is 1. The van der Waals surface area contributed by atoms with Gasteiger partial charge in [0.1, 0.15) is 0 Å². The van der Waals surface area contributed by atoms with Crippen molar-refractivity contribution in [2.45, 2.75) is 31.4 Å². The molecule has 0 unspecified atom stereocenters. The number of morpholine rings is 1. The Labute approximate surface area is 132 Å². The largest absolute Gasteiger partial charge is 0.372 e. The lowest BCUT2D eigenvalue weighted by molar-refractivity contribution is -0.0946. The molecule has 1 aromatic rings. The molecular formula is C17H25N3O2. The monoisotopic (exact) mass is 303 g/mol. The van der Waals surface area contributed by atoms with Crippen LogP contribution in [0, 0.1) is 0 Å². The molecule has 3 rings (SSSR count). The summed E-state index contributed by atoms with van der Waals surface area (Å²) in [7, 11) is 0. The molecule has 1 aromatic carbocycles. The first-order valence-corrected chi connectivity index (χ1v) is 8.14. The molecule has 1 atom stereocenters. The van der Waals surface area contributed by atoms with Gasteiger partial charge in [0.25, 0.3) is 0 Å². The second-order valence-electron chi connectivity index (χ2n) is 6.28. The zero-order valence-corrected chi connectivity index (χ0v) is 13.2. The number of hydrogen-bond donors (Lipinski definition) is 2. The van der Waals surface area contributed by atoms with E-state index in [1.807, 2.05) is 42.2 Å². The highest BCUT2D eigenvalue weighted by Crippen LogP contribution is 2.27. The number of carbonyl (C=O) groups excluding carboxylic acids is 1. The molecule has 0 aromatic heterocycles. The highest BCUT2D eigenvalue weighted by Gasteiger charge is 2.38. The molecule has 1 spiro atoms. The number of nitrogens with zero attached hydrogens (tertiary/aromatic N) is 1. The van der Waals surface area contributed by atoms with Crippen LogP contribution < -0.4 is 10.6 Å². The number of nitrogens with one attached hydrogen (secondary N) is 2. The van der Waals surface area contributed by atoms with Crippen LogP contribution in [0.4, 0.5) is 4.79 Å². The second kappa shape index (κ2) is 6.67. The maximum atomic E-state index is 12.4. The molecule has 5 nitrogen and oxygen atoms in total. The van der Waals surface area contributed by atoms with Crippen LogP contribution >= 0.6 is 0 Å². The quantitative estimate of drug-likeness (QED) is 0.877. The van der Waals surface area contributed by atoms with Crippen molar-refractivity contribution in [1.82, 2.24) is 15.5 Å². The van der Waals surface area contributed by atoms with Gasteiger partial charge in [-0.2, -0.15) is 0 Å². The Morgan fingerprint density at radius 1 is 1.32 bits per heavy atom. The predicted molar refractivity (Wildman–Crippen MR) is 85.7 cm³/mol. The Kier molecular flexibility index (Phi) is 4.64. The number of amides is 2. The van der Waals surface area contributed by atoms with Gasteiger partial charge in [0.15, 0.2) is 0 Å². The Morgan fingerprint density at radius 3 is 2.68 bits per heavy atom. The van der Waals surface area contributed by atoms with Gasteiger partial charge in [0.2, 0.25) is 0 Å². The van der Waals surface area contributed by atoms with Gasteiger partial charge in [-0.1, -0.05) is 30.3 Å². The molecule has 2 saturated heterocycles. The highest BCUT2D eigenvalue weighted by molar-refractivity contribution is 5.74. The Bertz CT molecular complexity index is 490. The molecule has 0 aliphatic carbocycles. The van der Waals surface area contributed by atoms with E-state index in [0.717, 1.165) is 51.2 Å². The summed E-state index contributed by atoms with van der Waals surface area (Å²) in [6.07, 6.45) is 1.82. The molecule has 120 valence electrons. The van der Waals surface area contributed by atoms with Crippen molar-refractivity contribution in [2.24, 2.45) is 0 Å². The summed E-state index contributed by atoms with van der Waals surface area (Å²) in [6, 6.07) is 10.1. The normalized spacial score (nSPS) is 22.3. The van der Waals surface area contributed by atoms with Crippen molar-refractivity contribution in [1.29, 1.82) is 0 Å².